The number of carbonyl (C=O) groups is 2. The third kappa shape index (κ3) is 3.87. The van der Waals surface area contributed by atoms with Crippen molar-refractivity contribution in [3.63, 3.8) is 0 Å². The minimum absolute atomic E-state index is 0.263. The molecule has 1 heterocycles. The van der Waals surface area contributed by atoms with Crippen molar-refractivity contribution in [1.82, 2.24) is 15.4 Å². The Hall–Kier alpha value is -2.31. The van der Waals surface area contributed by atoms with Gasteiger partial charge in [-0.25, -0.2) is 4.79 Å². The van der Waals surface area contributed by atoms with E-state index in [1.165, 1.54) is 4.90 Å². The zero-order chi connectivity index (χ0) is 16.1. The number of aromatic nitrogens is 1. The number of nitrogens with one attached hydrogen (secondary N) is 1. The minimum Gasteiger partial charge on any atom is -0.369 e. The van der Waals surface area contributed by atoms with Crippen LogP contribution in [-0.2, 0) is 17.8 Å². The van der Waals surface area contributed by atoms with E-state index in [0.717, 1.165) is 12.1 Å². The third-order valence-electron chi connectivity index (χ3n) is 3.82. The second kappa shape index (κ2) is 7.11. The molecule has 0 aliphatic heterocycles. The molecule has 0 spiro atoms. The van der Waals surface area contributed by atoms with E-state index in [-0.39, 0.29) is 23.9 Å². The summed E-state index contributed by atoms with van der Waals surface area (Å²) in [5.74, 6) is -0.121. The summed E-state index contributed by atoms with van der Waals surface area (Å²) in [5, 5.41) is 6.76. The number of urea groups is 1. The predicted molar refractivity (Wildman–Crippen MR) is 80.7 cm³/mol. The molecule has 7 nitrogen and oxygen atoms in total. The Kier molecular flexibility index (Phi) is 5.19. The summed E-state index contributed by atoms with van der Waals surface area (Å²) >= 11 is 0. The lowest BCUT2D eigenvalue weighted by Gasteiger charge is -2.28. The van der Waals surface area contributed by atoms with Crippen molar-refractivity contribution in [2.75, 3.05) is 7.05 Å². The van der Waals surface area contributed by atoms with Crippen LogP contribution in [0.25, 0.3) is 0 Å². The molecule has 3 amide bonds. The number of amides is 3. The van der Waals surface area contributed by atoms with Gasteiger partial charge in [-0.3, -0.25) is 4.79 Å². The number of hydrogen-bond donors (Lipinski definition) is 2. The van der Waals surface area contributed by atoms with Crippen molar-refractivity contribution in [3.05, 3.63) is 29.7 Å². The van der Waals surface area contributed by atoms with Crippen LogP contribution in [0, 0.1) is 5.92 Å². The number of nitrogens with zero attached hydrogens (tertiary/aromatic N) is 2. The summed E-state index contributed by atoms with van der Waals surface area (Å²) < 4.78 is 5.17. The van der Waals surface area contributed by atoms with Gasteiger partial charge >= 0.3 is 6.03 Å². The highest BCUT2D eigenvalue weighted by Gasteiger charge is 2.29. The maximum atomic E-state index is 12.2. The molecule has 22 heavy (non-hydrogen) atoms. The largest absolute Gasteiger partial charge is 0.369 e. The fourth-order valence-corrected chi connectivity index (χ4v) is 2.46. The summed E-state index contributed by atoms with van der Waals surface area (Å²) in [7, 11) is 1.67. The summed E-state index contributed by atoms with van der Waals surface area (Å²) in [6.07, 6.45) is 5.83. The van der Waals surface area contributed by atoms with E-state index in [0.29, 0.717) is 25.1 Å². The first kappa shape index (κ1) is 16.1. The van der Waals surface area contributed by atoms with Crippen molar-refractivity contribution < 1.29 is 14.1 Å². The minimum atomic E-state index is -0.389. The molecule has 1 aliphatic carbocycles. The van der Waals surface area contributed by atoms with Crippen LogP contribution in [0.5, 0.6) is 0 Å². The summed E-state index contributed by atoms with van der Waals surface area (Å²) in [4.78, 5) is 25.2. The Balaban J connectivity index is 1.92. The molecule has 7 heteroatoms. The van der Waals surface area contributed by atoms with Crippen LogP contribution in [0.1, 0.15) is 31.2 Å². The highest BCUT2D eigenvalue weighted by molar-refractivity contribution is 5.80. The van der Waals surface area contributed by atoms with Crippen molar-refractivity contribution in [1.29, 1.82) is 0 Å². The fourth-order valence-electron chi connectivity index (χ4n) is 2.46. The molecule has 0 bridgehead atoms. The van der Waals surface area contributed by atoms with E-state index in [1.807, 2.05) is 25.1 Å². The molecular formula is C15H22N4O3. The fraction of sp³-hybridized carbons (Fsp3) is 0.533. The van der Waals surface area contributed by atoms with Crippen molar-refractivity contribution in [2.45, 2.75) is 38.8 Å². The predicted octanol–water partition coefficient (Wildman–Crippen LogP) is 1.20. The molecule has 0 fully saturated rings. The Labute approximate surface area is 129 Å². The van der Waals surface area contributed by atoms with Crippen molar-refractivity contribution in [2.24, 2.45) is 11.7 Å². The van der Waals surface area contributed by atoms with Gasteiger partial charge in [0.15, 0.2) is 5.76 Å². The third-order valence-corrected chi connectivity index (χ3v) is 3.82. The molecule has 1 aromatic heterocycles. The molecule has 0 aromatic carbocycles. The van der Waals surface area contributed by atoms with Crippen LogP contribution < -0.4 is 11.1 Å². The van der Waals surface area contributed by atoms with Crippen LogP contribution in [0.4, 0.5) is 4.79 Å². The second-order valence-corrected chi connectivity index (χ2v) is 5.50. The number of primary amides is 1. The van der Waals surface area contributed by atoms with Gasteiger partial charge in [-0.05, 0) is 19.3 Å². The van der Waals surface area contributed by atoms with Gasteiger partial charge in [-0.1, -0.05) is 24.2 Å². The van der Waals surface area contributed by atoms with Crippen LogP contribution in [0.15, 0.2) is 22.7 Å². The summed E-state index contributed by atoms with van der Waals surface area (Å²) in [5.41, 5.74) is 6.25. The Morgan fingerprint density at radius 3 is 2.82 bits per heavy atom. The first-order chi connectivity index (χ1) is 10.5. The van der Waals surface area contributed by atoms with Gasteiger partial charge in [0, 0.05) is 19.2 Å². The smallest absolute Gasteiger partial charge is 0.317 e. The molecule has 0 radical (unpaired) electrons. The van der Waals surface area contributed by atoms with Crippen LogP contribution in [0.3, 0.4) is 0 Å². The molecular weight excluding hydrogens is 284 g/mol. The zero-order valence-electron chi connectivity index (χ0n) is 12.9. The average molecular weight is 306 g/mol. The maximum absolute atomic E-state index is 12.2. The SMILES string of the molecule is CCc1cc(CN(C)C(=O)N[C@H]2CC=CC[C@@H]2C(N)=O)on1. The van der Waals surface area contributed by atoms with Crippen LogP contribution >= 0.6 is 0 Å². The lowest BCUT2D eigenvalue weighted by atomic mass is 9.88. The Morgan fingerprint density at radius 2 is 2.18 bits per heavy atom. The quantitative estimate of drug-likeness (QED) is 0.798. The van der Waals surface area contributed by atoms with E-state index in [2.05, 4.69) is 10.5 Å². The number of carbonyl (C=O) groups excluding carboxylic acids is 2. The molecule has 1 aromatic rings. The summed E-state index contributed by atoms with van der Waals surface area (Å²) in [6, 6.07) is 1.30. The Bertz CT molecular complexity index is 567. The zero-order valence-corrected chi connectivity index (χ0v) is 12.9. The van der Waals surface area contributed by atoms with Gasteiger partial charge in [0.2, 0.25) is 5.91 Å². The Morgan fingerprint density at radius 1 is 1.45 bits per heavy atom. The number of allylic oxidation sites excluding steroid dienone is 1. The van der Waals surface area contributed by atoms with Crippen LogP contribution in [-0.4, -0.2) is 35.1 Å². The van der Waals surface area contributed by atoms with Crippen molar-refractivity contribution in [3.8, 4) is 0 Å². The lowest BCUT2D eigenvalue weighted by Crippen LogP contribution is -2.49. The van der Waals surface area contributed by atoms with Gasteiger partial charge in [0.1, 0.15) is 0 Å². The number of rotatable bonds is 5. The number of nitrogens with two attached hydrogens (primary N) is 1. The van der Waals surface area contributed by atoms with E-state index >= 15 is 0 Å². The highest BCUT2D eigenvalue weighted by atomic mass is 16.5. The topological polar surface area (TPSA) is 101 Å². The van der Waals surface area contributed by atoms with Gasteiger partial charge in [0.25, 0.3) is 0 Å². The first-order valence-corrected chi connectivity index (χ1v) is 7.41. The van der Waals surface area contributed by atoms with Crippen molar-refractivity contribution >= 4 is 11.9 Å². The molecule has 0 saturated heterocycles. The van der Waals surface area contributed by atoms with Gasteiger partial charge in [-0.15, -0.1) is 0 Å². The molecule has 120 valence electrons. The molecule has 3 N–H and O–H groups in total. The molecule has 0 unspecified atom stereocenters. The van der Waals surface area contributed by atoms with E-state index in [4.69, 9.17) is 10.3 Å². The van der Waals surface area contributed by atoms with Gasteiger partial charge in [-0.2, -0.15) is 0 Å². The molecule has 1 aliphatic rings. The molecule has 2 atom stereocenters. The normalized spacial score (nSPS) is 20.6. The second-order valence-electron chi connectivity index (χ2n) is 5.50. The summed E-state index contributed by atoms with van der Waals surface area (Å²) in [6.45, 7) is 2.31. The van der Waals surface area contributed by atoms with Gasteiger partial charge in [0.05, 0.1) is 18.2 Å². The molecule has 2 rings (SSSR count). The van der Waals surface area contributed by atoms with Gasteiger partial charge < -0.3 is 20.5 Å². The molecule has 0 saturated carbocycles. The lowest BCUT2D eigenvalue weighted by molar-refractivity contribution is -0.122. The first-order valence-electron chi connectivity index (χ1n) is 7.41. The monoisotopic (exact) mass is 306 g/mol. The standard InChI is InChI=1S/C15H22N4O3/c1-3-10-8-11(22-18-10)9-19(2)15(21)17-13-7-5-4-6-12(13)14(16)20/h4-5,8,12-13H,3,6-7,9H2,1-2H3,(H2,16,20)(H,17,21)/t12-,13-/m0/s1. The number of hydrogen-bond acceptors (Lipinski definition) is 4. The van der Waals surface area contributed by atoms with Crippen LogP contribution in [0.2, 0.25) is 0 Å². The highest BCUT2D eigenvalue weighted by Crippen LogP contribution is 2.19. The van der Waals surface area contributed by atoms with E-state index < -0.39 is 0 Å². The number of aryl methyl sites for hydroxylation is 1. The average Bonchev–Trinajstić information content (AvgIpc) is 2.95. The van der Waals surface area contributed by atoms with E-state index in [1.54, 1.807) is 7.05 Å². The van der Waals surface area contributed by atoms with E-state index in [9.17, 15) is 9.59 Å². The maximum Gasteiger partial charge on any atom is 0.317 e.